The molecule has 0 rings (SSSR count). The number of hydrogen-bond donors (Lipinski definition) is 0. The normalized spacial score (nSPS) is 8.25. The van der Waals surface area contributed by atoms with Crippen molar-refractivity contribution in [3.05, 3.63) is 23.3 Å². The van der Waals surface area contributed by atoms with Gasteiger partial charge in [0.1, 0.15) is 0 Å². The summed E-state index contributed by atoms with van der Waals surface area (Å²) < 4.78 is 4.75. The molecule has 0 amide bonds. The smallest absolute Gasteiger partial charge is 0.331 e. The van der Waals surface area contributed by atoms with Crippen LogP contribution in [0.3, 0.4) is 0 Å². The summed E-state index contributed by atoms with van der Waals surface area (Å²) in [7, 11) is 0. The van der Waals surface area contributed by atoms with Crippen LogP contribution in [0.1, 0.15) is 27.7 Å². The number of carbonyl (C=O) groups excluding carboxylic acids is 2. The molecule has 0 unspecified atom stereocenters. The zero-order valence-electron chi connectivity index (χ0n) is 10.1. The van der Waals surface area contributed by atoms with Gasteiger partial charge in [0.25, 0.3) is 0 Å². The molecule has 0 N–H and O–H groups in total. The van der Waals surface area contributed by atoms with Crippen molar-refractivity contribution < 1.29 is 14.3 Å². The molecule has 0 aromatic rings. The second-order valence-corrected chi connectivity index (χ2v) is 3.72. The average Bonchev–Trinajstić information content (AvgIpc) is 2.10. The first-order chi connectivity index (χ1) is 7.41. The van der Waals surface area contributed by atoms with E-state index in [0.29, 0.717) is 0 Å². The molecule has 0 aliphatic heterocycles. The van der Waals surface area contributed by atoms with E-state index in [1.807, 2.05) is 13.8 Å². The van der Waals surface area contributed by atoms with Gasteiger partial charge in [0.15, 0.2) is 6.61 Å². The van der Waals surface area contributed by atoms with Crippen LogP contribution in [0.5, 0.6) is 0 Å². The summed E-state index contributed by atoms with van der Waals surface area (Å²) in [5, 5.41) is 0. The van der Waals surface area contributed by atoms with E-state index in [2.05, 4.69) is 11.8 Å². The molecular formula is C13H16O3. The summed E-state index contributed by atoms with van der Waals surface area (Å²) >= 11 is 0. The molecule has 0 heterocycles. The van der Waals surface area contributed by atoms with Crippen molar-refractivity contribution in [2.24, 2.45) is 0 Å². The monoisotopic (exact) mass is 220 g/mol. The van der Waals surface area contributed by atoms with Gasteiger partial charge in [-0.15, -0.1) is 0 Å². The van der Waals surface area contributed by atoms with Gasteiger partial charge in [-0.05, 0) is 39.7 Å². The number of carbonyl (C=O) groups is 2. The Bertz CT molecular complexity index is 381. The molecule has 16 heavy (non-hydrogen) atoms. The quantitative estimate of drug-likeness (QED) is 0.316. The van der Waals surface area contributed by atoms with Crippen molar-refractivity contribution in [3.63, 3.8) is 0 Å². The zero-order chi connectivity index (χ0) is 12.6. The van der Waals surface area contributed by atoms with E-state index < -0.39 is 5.97 Å². The van der Waals surface area contributed by atoms with Gasteiger partial charge in [0.05, 0.1) is 0 Å². The van der Waals surface area contributed by atoms with Crippen LogP contribution < -0.4 is 0 Å². The molecule has 0 aliphatic carbocycles. The molecule has 0 bridgehead atoms. The first-order valence-corrected chi connectivity index (χ1v) is 4.91. The minimum Gasteiger partial charge on any atom is -0.449 e. The van der Waals surface area contributed by atoms with Crippen molar-refractivity contribution in [3.8, 4) is 11.8 Å². The molecule has 0 aromatic heterocycles. The largest absolute Gasteiger partial charge is 0.449 e. The Morgan fingerprint density at radius 1 is 1.06 bits per heavy atom. The molecule has 86 valence electrons. The molecule has 3 nitrogen and oxygen atoms in total. The molecule has 0 spiro atoms. The number of hydrogen-bond acceptors (Lipinski definition) is 3. The Balaban J connectivity index is 4.05. The van der Waals surface area contributed by atoms with Crippen LogP contribution in [0, 0.1) is 11.8 Å². The third kappa shape index (κ3) is 8.76. The van der Waals surface area contributed by atoms with Crippen molar-refractivity contribution in [2.75, 3.05) is 6.61 Å². The Morgan fingerprint density at radius 2 is 1.62 bits per heavy atom. The SMILES string of the molecule is CC(C)=CC(=O)C#CCOC(=O)C=C(C)C. The Morgan fingerprint density at radius 3 is 2.12 bits per heavy atom. The lowest BCUT2D eigenvalue weighted by atomic mass is 10.2. The van der Waals surface area contributed by atoms with E-state index in [1.54, 1.807) is 13.8 Å². The summed E-state index contributed by atoms with van der Waals surface area (Å²) in [5.41, 5.74) is 1.75. The predicted molar refractivity (Wildman–Crippen MR) is 62.6 cm³/mol. The number of ether oxygens (including phenoxy) is 1. The number of allylic oxidation sites excluding steroid dienone is 3. The van der Waals surface area contributed by atoms with E-state index in [9.17, 15) is 9.59 Å². The highest BCUT2D eigenvalue weighted by Gasteiger charge is 1.95. The fourth-order valence-electron chi connectivity index (χ4n) is 0.806. The molecule has 0 aliphatic rings. The van der Waals surface area contributed by atoms with Crippen molar-refractivity contribution >= 4 is 11.8 Å². The van der Waals surface area contributed by atoms with Crippen LogP contribution >= 0.6 is 0 Å². The van der Waals surface area contributed by atoms with Crippen molar-refractivity contribution in [2.45, 2.75) is 27.7 Å². The van der Waals surface area contributed by atoms with Gasteiger partial charge in [0, 0.05) is 6.08 Å². The van der Waals surface area contributed by atoms with E-state index in [0.717, 1.165) is 11.1 Å². The lowest BCUT2D eigenvalue weighted by molar-refractivity contribution is -0.136. The van der Waals surface area contributed by atoms with Crippen molar-refractivity contribution in [1.29, 1.82) is 0 Å². The van der Waals surface area contributed by atoms with Gasteiger partial charge in [-0.2, -0.15) is 0 Å². The van der Waals surface area contributed by atoms with Gasteiger partial charge in [-0.1, -0.05) is 17.1 Å². The van der Waals surface area contributed by atoms with Crippen LogP contribution in [0.4, 0.5) is 0 Å². The summed E-state index contributed by atoms with van der Waals surface area (Å²) in [6.45, 7) is 7.16. The summed E-state index contributed by atoms with van der Waals surface area (Å²) in [4.78, 5) is 22.1. The Kier molecular flexibility index (Phi) is 6.62. The third-order valence-corrected chi connectivity index (χ3v) is 1.32. The van der Waals surface area contributed by atoms with Gasteiger partial charge >= 0.3 is 5.97 Å². The van der Waals surface area contributed by atoms with Gasteiger partial charge in [0.2, 0.25) is 5.78 Å². The van der Waals surface area contributed by atoms with Crippen molar-refractivity contribution in [1.82, 2.24) is 0 Å². The summed E-state index contributed by atoms with van der Waals surface area (Å²) in [6, 6.07) is 0. The van der Waals surface area contributed by atoms with E-state index in [1.165, 1.54) is 12.2 Å². The van der Waals surface area contributed by atoms with E-state index in [4.69, 9.17) is 4.74 Å². The first kappa shape index (κ1) is 14.2. The summed E-state index contributed by atoms with van der Waals surface area (Å²) in [5.74, 6) is 4.12. The van der Waals surface area contributed by atoms with Gasteiger partial charge in [-0.25, -0.2) is 4.79 Å². The zero-order valence-corrected chi connectivity index (χ0v) is 10.1. The fourth-order valence-corrected chi connectivity index (χ4v) is 0.806. The maximum absolute atomic E-state index is 11.1. The molecule has 0 atom stereocenters. The molecular weight excluding hydrogens is 204 g/mol. The van der Waals surface area contributed by atoms with E-state index >= 15 is 0 Å². The lowest BCUT2D eigenvalue weighted by Gasteiger charge is -1.94. The van der Waals surface area contributed by atoms with Crippen LogP contribution in [0.25, 0.3) is 0 Å². The van der Waals surface area contributed by atoms with E-state index in [-0.39, 0.29) is 12.4 Å². The van der Waals surface area contributed by atoms with Crippen LogP contribution in [-0.4, -0.2) is 18.4 Å². The standard InChI is InChI=1S/C13H16O3/c1-10(2)8-12(14)6-5-7-16-13(15)9-11(3)4/h8-9H,7H2,1-4H3. The second kappa shape index (κ2) is 7.47. The molecule has 0 aromatic carbocycles. The Hall–Kier alpha value is -1.82. The summed E-state index contributed by atoms with van der Waals surface area (Å²) in [6.07, 6.45) is 2.81. The van der Waals surface area contributed by atoms with Crippen LogP contribution in [0.2, 0.25) is 0 Å². The Labute approximate surface area is 96.2 Å². The van der Waals surface area contributed by atoms with Crippen LogP contribution in [-0.2, 0) is 14.3 Å². The lowest BCUT2D eigenvalue weighted by Crippen LogP contribution is -2.01. The topological polar surface area (TPSA) is 43.4 Å². The van der Waals surface area contributed by atoms with Crippen LogP contribution in [0.15, 0.2) is 23.3 Å². The second-order valence-electron chi connectivity index (χ2n) is 3.72. The minimum absolute atomic E-state index is 0.0645. The third-order valence-electron chi connectivity index (χ3n) is 1.32. The molecule has 0 fully saturated rings. The highest BCUT2D eigenvalue weighted by atomic mass is 16.5. The molecule has 0 radical (unpaired) electrons. The fraction of sp³-hybridized carbons (Fsp3) is 0.385. The molecule has 3 heteroatoms. The molecule has 0 saturated heterocycles. The average molecular weight is 220 g/mol. The highest BCUT2D eigenvalue weighted by molar-refractivity contribution is 6.04. The number of ketones is 1. The van der Waals surface area contributed by atoms with Gasteiger partial charge < -0.3 is 4.74 Å². The highest BCUT2D eigenvalue weighted by Crippen LogP contribution is 1.90. The maximum atomic E-state index is 11.1. The number of rotatable bonds is 3. The predicted octanol–water partition coefficient (Wildman–Crippen LogP) is 2.03. The first-order valence-electron chi connectivity index (χ1n) is 4.91. The van der Waals surface area contributed by atoms with Gasteiger partial charge in [-0.3, -0.25) is 4.79 Å². The maximum Gasteiger partial charge on any atom is 0.331 e. The molecule has 0 saturated carbocycles. The number of esters is 1. The minimum atomic E-state index is -0.441.